The molecule has 126 valence electrons. The van der Waals surface area contributed by atoms with Crippen LogP contribution in [0.25, 0.3) is 0 Å². The van der Waals surface area contributed by atoms with E-state index in [4.69, 9.17) is 0 Å². The molecule has 0 aliphatic carbocycles. The van der Waals surface area contributed by atoms with Gasteiger partial charge in [-0.15, -0.1) is 11.3 Å². The Morgan fingerprint density at radius 2 is 2.08 bits per heavy atom. The van der Waals surface area contributed by atoms with Crippen molar-refractivity contribution < 1.29 is 9.59 Å². The highest BCUT2D eigenvalue weighted by Crippen LogP contribution is 2.23. The number of anilines is 2. The predicted octanol–water partition coefficient (Wildman–Crippen LogP) is 3.46. The van der Waals surface area contributed by atoms with E-state index in [0.29, 0.717) is 12.1 Å². The Kier molecular flexibility index (Phi) is 4.80. The zero-order valence-corrected chi connectivity index (χ0v) is 14.5. The van der Waals surface area contributed by atoms with Crippen LogP contribution >= 0.6 is 11.3 Å². The van der Waals surface area contributed by atoms with Crippen LogP contribution in [0.2, 0.25) is 0 Å². The second kappa shape index (κ2) is 7.00. The molecule has 2 aromatic rings. The van der Waals surface area contributed by atoms with E-state index in [0.717, 1.165) is 29.4 Å². The summed E-state index contributed by atoms with van der Waals surface area (Å²) in [6, 6.07) is 6.89. The lowest BCUT2D eigenvalue weighted by molar-refractivity contribution is -0.117. The summed E-state index contributed by atoms with van der Waals surface area (Å²) < 4.78 is 0. The first kappa shape index (κ1) is 16.4. The summed E-state index contributed by atoms with van der Waals surface area (Å²) in [6.45, 7) is 4.59. The van der Waals surface area contributed by atoms with Crippen LogP contribution in [0.4, 0.5) is 16.2 Å². The SMILES string of the molecule is Cc1csc(C(C)NC(=O)Nc2ccc(N3CCCC3=O)cc2)n1. The number of nitrogens with one attached hydrogen (secondary N) is 2. The fraction of sp³-hybridized carbons (Fsp3) is 0.353. The quantitative estimate of drug-likeness (QED) is 0.892. The molecule has 0 bridgehead atoms. The maximum Gasteiger partial charge on any atom is 0.319 e. The van der Waals surface area contributed by atoms with Crippen LogP contribution in [0.3, 0.4) is 0 Å². The summed E-state index contributed by atoms with van der Waals surface area (Å²) in [6.07, 6.45) is 1.51. The van der Waals surface area contributed by atoms with Crippen LogP contribution in [0.15, 0.2) is 29.6 Å². The van der Waals surface area contributed by atoms with Gasteiger partial charge in [-0.2, -0.15) is 0 Å². The number of amides is 3. The van der Waals surface area contributed by atoms with E-state index in [1.54, 1.807) is 17.0 Å². The molecule has 2 heterocycles. The number of aromatic nitrogens is 1. The molecule has 1 unspecified atom stereocenters. The van der Waals surface area contributed by atoms with E-state index >= 15 is 0 Å². The predicted molar refractivity (Wildman–Crippen MR) is 95.4 cm³/mol. The number of carbonyl (C=O) groups excluding carboxylic acids is 2. The third-order valence-electron chi connectivity index (χ3n) is 3.87. The van der Waals surface area contributed by atoms with Crippen molar-refractivity contribution in [2.24, 2.45) is 0 Å². The van der Waals surface area contributed by atoms with E-state index in [2.05, 4.69) is 15.6 Å². The van der Waals surface area contributed by atoms with Crippen LogP contribution in [-0.2, 0) is 4.79 Å². The van der Waals surface area contributed by atoms with Gasteiger partial charge in [-0.1, -0.05) is 0 Å². The topological polar surface area (TPSA) is 74.3 Å². The maximum atomic E-state index is 12.1. The van der Waals surface area contributed by atoms with Crippen molar-refractivity contribution >= 4 is 34.6 Å². The van der Waals surface area contributed by atoms with Gasteiger partial charge in [0.25, 0.3) is 0 Å². The monoisotopic (exact) mass is 344 g/mol. The van der Waals surface area contributed by atoms with Crippen LogP contribution in [0.5, 0.6) is 0 Å². The number of benzene rings is 1. The molecule has 1 aliphatic heterocycles. The zero-order chi connectivity index (χ0) is 17.1. The van der Waals surface area contributed by atoms with Gasteiger partial charge in [0.2, 0.25) is 5.91 Å². The Bertz CT molecular complexity index is 741. The highest BCUT2D eigenvalue weighted by molar-refractivity contribution is 7.09. The summed E-state index contributed by atoms with van der Waals surface area (Å²) in [7, 11) is 0. The second-order valence-corrected chi connectivity index (χ2v) is 6.73. The van der Waals surface area contributed by atoms with Crippen LogP contribution in [-0.4, -0.2) is 23.5 Å². The molecule has 1 saturated heterocycles. The highest BCUT2D eigenvalue weighted by atomic mass is 32.1. The minimum atomic E-state index is -0.277. The number of nitrogens with zero attached hydrogens (tertiary/aromatic N) is 2. The molecule has 3 rings (SSSR count). The number of rotatable bonds is 4. The summed E-state index contributed by atoms with van der Waals surface area (Å²) in [5, 5.41) is 8.51. The fourth-order valence-electron chi connectivity index (χ4n) is 2.64. The van der Waals surface area contributed by atoms with Crippen molar-refractivity contribution in [2.45, 2.75) is 32.7 Å². The Hall–Kier alpha value is -2.41. The third kappa shape index (κ3) is 3.73. The van der Waals surface area contributed by atoms with Gasteiger partial charge >= 0.3 is 6.03 Å². The average Bonchev–Trinajstić information content (AvgIpc) is 3.16. The molecule has 0 spiro atoms. The summed E-state index contributed by atoms with van der Waals surface area (Å²) >= 11 is 1.53. The minimum absolute atomic E-state index is 0.148. The Balaban J connectivity index is 1.57. The number of hydrogen-bond donors (Lipinski definition) is 2. The largest absolute Gasteiger partial charge is 0.329 e. The van der Waals surface area contributed by atoms with Crippen molar-refractivity contribution in [1.82, 2.24) is 10.3 Å². The van der Waals surface area contributed by atoms with Gasteiger partial charge in [0.1, 0.15) is 5.01 Å². The number of carbonyl (C=O) groups is 2. The second-order valence-electron chi connectivity index (χ2n) is 5.84. The van der Waals surface area contributed by atoms with Gasteiger partial charge in [-0.25, -0.2) is 9.78 Å². The lowest BCUT2D eigenvalue weighted by Crippen LogP contribution is -2.31. The molecule has 0 saturated carbocycles. The van der Waals surface area contributed by atoms with Crippen molar-refractivity contribution in [3.8, 4) is 0 Å². The van der Waals surface area contributed by atoms with E-state index in [1.165, 1.54) is 11.3 Å². The maximum absolute atomic E-state index is 12.1. The van der Waals surface area contributed by atoms with Gasteiger partial charge in [-0.05, 0) is 44.5 Å². The molecule has 2 N–H and O–H groups in total. The molecule has 1 fully saturated rings. The lowest BCUT2D eigenvalue weighted by Gasteiger charge is -2.16. The van der Waals surface area contributed by atoms with E-state index in [1.807, 2.05) is 31.4 Å². The number of hydrogen-bond acceptors (Lipinski definition) is 4. The third-order valence-corrected chi connectivity index (χ3v) is 5.01. The lowest BCUT2D eigenvalue weighted by atomic mass is 10.2. The molecule has 1 aromatic carbocycles. The van der Waals surface area contributed by atoms with Crippen LogP contribution < -0.4 is 15.5 Å². The first-order valence-electron chi connectivity index (χ1n) is 7.93. The standard InChI is InChI=1S/C17H20N4O2S/c1-11-10-24-16(18-11)12(2)19-17(23)20-13-5-7-14(8-6-13)21-9-3-4-15(21)22/h5-8,10,12H,3-4,9H2,1-2H3,(H2,19,20,23). The van der Waals surface area contributed by atoms with Gasteiger partial charge in [-0.3, -0.25) is 4.79 Å². The first-order valence-corrected chi connectivity index (χ1v) is 8.81. The zero-order valence-electron chi connectivity index (χ0n) is 13.7. The Labute approximate surface area is 144 Å². The fourth-order valence-corrected chi connectivity index (χ4v) is 3.45. The van der Waals surface area contributed by atoms with Crippen molar-refractivity contribution in [3.63, 3.8) is 0 Å². The van der Waals surface area contributed by atoms with E-state index in [-0.39, 0.29) is 18.0 Å². The molecular weight excluding hydrogens is 324 g/mol. The summed E-state index contributed by atoms with van der Waals surface area (Å²) in [4.78, 5) is 30.0. The van der Waals surface area contributed by atoms with Gasteiger partial charge < -0.3 is 15.5 Å². The smallest absolute Gasteiger partial charge is 0.319 e. The normalized spacial score (nSPS) is 15.4. The van der Waals surface area contributed by atoms with Gasteiger partial charge in [0.15, 0.2) is 0 Å². The number of urea groups is 1. The van der Waals surface area contributed by atoms with Crippen molar-refractivity contribution in [2.75, 3.05) is 16.8 Å². The van der Waals surface area contributed by atoms with E-state index in [9.17, 15) is 9.59 Å². The van der Waals surface area contributed by atoms with Gasteiger partial charge in [0, 0.05) is 35.4 Å². The number of thiazole rings is 1. The molecule has 3 amide bonds. The average molecular weight is 344 g/mol. The Morgan fingerprint density at radius 1 is 1.33 bits per heavy atom. The Morgan fingerprint density at radius 3 is 2.67 bits per heavy atom. The minimum Gasteiger partial charge on any atom is -0.329 e. The van der Waals surface area contributed by atoms with Crippen LogP contribution in [0, 0.1) is 6.92 Å². The number of aryl methyl sites for hydroxylation is 1. The van der Waals surface area contributed by atoms with Crippen molar-refractivity contribution in [3.05, 3.63) is 40.3 Å². The van der Waals surface area contributed by atoms with Gasteiger partial charge in [0.05, 0.1) is 6.04 Å². The molecule has 0 radical (unpaired) electrons. The van der Waals surface area contributed by atoms with E-state index < -0.39 is 0 Å². The molecule has 1 aliphatic rings. The summed E-state index contributed by atoms with van der Waals surface area (Å²) in [5.74, 6) is 0.154. The molecular formula is C17H20N4O2S. The molecule has 6 nitrogen and oxygen atoms in total. The van der Waals surface area contributed by atoms with Crippen molar-refractivity contribution in [1.29, 1.82) is 0 Å². The highest BCUT2D eigenvalue weighted by Gasteiger charge is 2.21. The molecule has 1 atom stereocenters. The summed E-state index contributed by atoms with van der Waals surface area (Å²) in [5.41, 5.74) is 2.51. The van der Waals surface area contributed by atoms with Crippen LogP contribution in [0.1, 0.15) is 36.5 Å². The molecule has 7 heteroatoms. The molecule has 1 aromatic heterocycles. The molecule has 24 heavy (non-hydrogen) atoms. The first-order chi connectivity index (χ1) is 11.5.